The molecule has 5 nitrogen and oxygen atoms in total. The molecule has 1 N–H and O–H groups in total. The number of nitrogens with one attached hydrogen (secondary N) is 1. The zero-order chi connectivity index (χ0) is 15.3. The molecule has 0 spiro atoms. The van der Waals surface area contributed by atoms with Gasteiger partial charge in [-0.25, -0.2) is 13.1 Å². The molecule has 2 rings (SSSR count). The van der Waals surface area contributed by atoms with Gasteiger partial charge in [0.25, 0.3) is 0 Å². The number of sulfonamides is 1. The lowest BCUT2D eigenvalue weighted by atomic mass is 9.97. The van der Waals surface area contributed by atoms with Crippen LogP contribution in [-0.4, -0.2) is 39.5 Å². The third kappa shape index (κ3) is 4.03. The smallest absolute Gasteiger partial charge is 0.241 e. The molecule has 1 fully saturated rings. The van der Waals surface area contributed by atoms with E-state index in [0.29, 0.717) is 12.5 Å². The van der Waals surface area contributed by atoms with Crippen LogP contribution >= 0.6 is 0 Å². The predicted molar refractivity (Wildman–Crippen MR) is 81.2 cm³/mol. The molecule has 0 unspecified atom stereocenters. The third-order valence-corrected chi connectivity index (χ3v) is 5.50. The Bertz CT molecular complexity index is 614. The highest BCUT2D eigenvalue weighted by molar-refractivity contribution is 7.89. The molecule has 6 heteroatoms. The Labute approximate surface area is 126 Å². The first kappa shape index (κ1) is 16.0. The minimum atomic E-state index is -3.61. The van der Waals surface area contributed by atoms with E-state index >= 15 is 0 Å². The Balaban J connectivity index is 1.98. The lowest BCUT2D eigenvalue weighted by Crippen LogP contribution is -2.38. The second-order valence-electron chi connectivity index (χ2n) is 5.34. The Hall–Kier alpha value is -1.42. The van der Waals surface area contributed by atoms with Crippen molar-refractivity contribution in [1.29, 1.82) is 5.26 Å². The number of nitriles is 1. The van der Waals surface area contributed by atoms with E-state index in [1.807, 2.05) is 6.07 Å². The van der Waals surface area contributed by atoms with Crippen molar-refractivity contribution in [1.82, 2.24) is 9.62 Å². The maximum atomic E-state index is 12.3. The first-order valence-corrected chi connectivity index (χ1v) is 8.76. The second kappa shape index (κ2) is 7.03. The van der Waals surface area contributed by atoms with Crippen molar-refractivity contribution in [2.24, 2.45) is 5.92 Å². The van der Waals surface area contributed by atoms with Crippen LogP contribution in [0.4, 0.5) is 0 Å². The van der Waals surface area contributed by atoms with Gasteiger partial charge in [-0.3, -0.25) is 0 Å². The minimum absolute atomic E-state index is 0.0681. The molecule has 0 atom stereocenters. The molecule has 1 aromatic rings. The molecular weight excluding hydrogens is 286 g/mol. The van der Waals surface area contributed by atoms with Crippen LogP contribution in [0.25, 0.3) is 0 Å². The van der Waals surface area contributed by atoms with E-state index in [-0.39, 0.29) is 10.5 Å². The minimum Gasteiger partial charge on any atom is -0.304 e. The zero-order valence-electron chi connectivity index (χ0n) is 12.2. The maximum Gasteiger partial charge on any atom is 0.241 e. The number of nitrogens with zero attached hydrogens (tertiary/aromatic N) is 2. The fourth-order valence-corrected chi connectivity index (χ4v) is 3.88. The average molecular weight is 307 g/mol. The molecule has 0 aliphatic carbocycles. The standard InChI is InChI=1S/C15H21N3O2S/c1-2-18-9-7-13(8-10-18)12-17-21(19,20)15-6-4-3-5-14(15)11-16/h3-6,13,17H,2,7-10,12H2,1H3. The Kier molecular flexibility index (Phi) is 5.34. The van der Waals surface area contributed by atoms with Crippen molar-refractivity contribution in [2.45, 2.75) is 24.7 Å². The Morgan fingerprint density at radius 3 is 2.62 bits per heavy atom. The van der Waals surface area contributed by atoms with E-state index in [0.717, 1.165) is 32.5 Å². The van der Waals surface area contributed by atoms with E-state index in [2.05, 4.69) is 16.5 Å². The second-order valence-corrected chi connectivity index (χ2v) is 7.07. The summed E-state index contributed by atoms with van der Waals surface area (Å²) >= 11 is 0. The van der Waals surface area contributed by atoms with Gasteiger partial charge in [0.1, 0.15) is 6.07 Å². The van der Waals surface area contributed by atoms with Gasteiger partial charge < -0.3 is 4.90 Å². The van der Waals surface area contributed by atoms with Gasteiger partial charge in [-0.15, -0.1) is 0 Å². The van der Waals surface area contributed by atoms with Crippen LogP contribution in [0.15, 0.2) is 29.2 Å². The molecule has 0 amide bonds. The van der Waals surface area contributed by atoms with Crippen molar-refractivity contribution in [2.75, 3.05) is 26.2 Å². The summed E-state index contributed by atoms with van der Waals surface area (Å²) in [5.41, 5.74) is 0.186. The van der Waals surface area contributed by atoms with Gasteiger partial charge in [0.05, 0.1) is 10.5 Å². The highest BCUT2D eigenvalue weighted by Gasteiger charge is 2.22. The third-order valence-electron chi connectivity index (χ3n) is 4.01. The largest absolute Gasteiger partial charge is 0.304 e. The van der Waals surface area contributed by atoms with Crippen LogP contribution in [0.1, 0.15) is 25.3 Å². The molecule has 1 saturated heterocycles. The van der Waals surface area contributed by atoms with E-state index in [4.69, 9.17) is 5.26 Å². The molecule has 0 bridgehead atoms. The van der Waals surface area contributed by atoms with Crippen molar-refractivity contribution < 1.29 is 8.42 Å². The highest BCUT2D eigenvalue weighted by atomic mass is 32.2. The van der Waals surface area contributed by atoms with E-state index < -0.39 is 10.0 Å². The van der Waals surface area contributed by atoms with Gasteiger partial charge in [0, 0.05) is 6.54 Å². The summed E-state index contributed by atoms with van der Waals surface area (Å²) in [6.07, 6.45) is 2.02. The zero-order valence-corrected chi connectivity index (χ0v) is 13.1. The Morgan fingerprint density at radius 2 is 2.00 bits per heavy atom. The SMILES string of the molecule is CCN1CCC(CNS(=O)(=O)c2ccccc2C#N)CC1. The van der Waals surface area contributed by atoms with Gasteiger partial charge in [-0.2, -0.15) is 5.26 Å². The summed E-state index contributed by atoms with van der Waals surface area (Å²) in [5, 5.41) is 9.01. The molecule has 1 aliphatic heterocycles. The van der Waals surface area contributed by atoms with Gasteiger partial charge in [0.2, 0.25) is 10.0 Å². The maximum absolute atomic E-state index is 12.3. The normalized spacial score (nSPS) is 17.5. The summed E-state index contributed by atoms with van der Waals surface area (Å²) in [7, 11) is -3.61. The van der Waals surface area contributed by atoms with Crippen molar-refractivity contribution in [3.8, 4) is 6.07 Å². The molecule has 21 heavy (non-hydrogen) atoms. The number of hydrogen-bond acceptors (Lipinski definition) is 4. The lowest BCUT2D eigenvalue weighted by Gasteiger charge is -2.31. The summed E-state index contributed by atoms with van der Waals surface area (Å²) in [4.78, 5) is 2.44. The van der Waals surface area contributed by atoms with Gasteiger partial charge in [-0.1, -0.05) is 19.1 Å². The van der Waals surface area contributed by atoms with Crippen LogP contribution < -0.4 is 4.72 Å². The number of hydrogen-bond donors (Lipinski definition) is 1. The highest BCUT2D eigenvalue weighted by Crippen LogP contribution is 2.18. The van der Waals surface area contributed by atoms with Gasteiger partial charge >= 0.3 is 0 Å². The molecule has 0 radical (unpaired) electrons. The Morgan fingerprint density at radius 1 is 1.33 bits per heavy atom. The van der Waals surface area contributed by atoms with Gasteiger partial charge in [0.15, 0.2) is 0 Å². The monoisotopic (exact) mass is 307 g/mol. The summed E-state index contributed by atoms with van der Waals surface area (Å²) in [6.45, 7) is 5.69. The van der Waals surface area contributed by atoms with Crippen LogP contribution in [0, 0.1) is 17.2 Å². The van der Waals surface area contributed by atoms with Crippen LogP contribution in [0.5, 0.6) is 0 Å². The summed E-state index contributed by atoms with van der Waals surface area (Å²) in [6, 6.07) is 8.22. The quantitative estimate of drug-likeness (QED) is 0.896. The van der Waals surface area contributed by atoms with Crippen molar-refractivity contribution >= 4 is 10.0 Å². The van der Waals surface area contributed by atoms with Crippen LogP contribution in [0.3, 0.4) is 0 Å². The van der Waals surface area contributed by atoms with E-state index in [9.17, 15) is 8.42 Å². The van der Waals surface area contributed by atoms with E-state index in [1.165, 1.54) is 12.1 Å². The topological polar surface area (TPSA) is 73.2 Å². The summed E-state index contributed by atoms with van der Waals surface area (Å²) < 4.78 is 27.3. The van der Waals surface area contributed by atoms with Crippen LogP contribution in [0.2, 0.25) is 0 Å². The molecule has 114 valence electrons. The number of piperidine rings is 1. The van der Waals surface area contributed by atoms with Crippen LogP contribution in [-0.2, 0) is 10.0 Å². The molecule has 1 aromatic carbocycles. The molecule has 0 saturated carbocycles. The fourth-order valence-electron chi connectivity index (χ4n) is 2.61. The molecule has 1 heterocycles. The van der Waals surface area contributed by atoms with Crippen molar-refractivity contribution in [3.63, 3.8) is 0 Å². The lowest BCUT2D eigenvalue weighted by molar-refractivity contribution is 0.194. The molecular formula is C15H21N3O2S. The van der Waals surface area contributed by atoms with Gasteiger partial charge in [-0.05, 0) is 50.5 Å². The first-order valence-electron chi connectivity index (χ1n) is 7.28. The van der Waals surface area contributed by atoms with Crippen molar-refractivity contribution in [3.05, 3.63) is 29.8 Å². The first-order chi connectivity index (χ1) is 10.1. The number of rotatable bonds is 5. The summed E-state index contributed by atoms with van der Waals surface area (Å²) in [5.74, 6) is 0.372. The van der Waals surface area contributed by atoms with E-state index in [1.54, 1.807) is 12.1 Å². The molecule has 1 aliphatic rings. The number of benzene rings is 1. The predicted octanol–water partition coefficient (Wildman–Crippen LogP) is 1.57. The number of likely N-dealkylation sites (tertiary alicyclic amines) is 1. The average Bonchev–Trinajstić information content (AvgIpc) is 2.53. The fraction of sp³-hybridized carbons (Fsp3) is 0.533. The molecule has 0 aromatic heterocycles.